The van der Waals surface area contributed by atoms with Crippen molar-refractivity contribution in [1.82, 2.24) is 15.0 Å². The highest BCUT2D eigenvalue weighted by Crippen LogP contribution is 2.19. The molecule has 1 atom stereocenters. The first-order valence-electron chi connectivity index (χ1n) is 4.49. The van der Waals surface area contributed by atoms with Crippen LogP contribution in [0.1, 0.15) is 18.0 Å². The van der Waals surface area contributed by atoms with Crippen LogP contribution in [0.5, 0.6) is 0 Å². The Kier molecular flexibility index (Phi) is 3.07. The van der Waals surface area contributed by atoms with Crippen molar-refractivity contribution in [3.8, 4) is 5.69 Å². The minimum absolute atomic E-state index is 0.120. The first-order chi connectivity index (χ1) is 7.16. The normalized spacial score (nSPS) is 12.7. The number of aromatic nitrogens is 3. The summed E-state index contributed by atoms with van der Waals surface area (Å²) in [7, 11) is 0. The number of hydrogen-bond donors (Lipinski definition) is 0. The van der Waals surface area contributed by atoms with Crippen LogP contribution in [0.3, 0.4) is 0 Å². The van der Waals surface area contributed by atoms with E-state index in [4.69, 9.17) is 11.6 Å². The Morgan fingerprint density at radius 2 is 2.27 bits per heavy atom. The summed E-state index contributed by atoms with van der Waals surface area (Å²) in [6.45, 7) is 1.87. The van der Waals surface area contributed by atoms with Gasteiger partial charge < -0.3 is 0 Å². The van der Waals surface area contributed by atoms with Crippen molar-refractivity contribution >= 4 is 27.5 Å². The highest BCUT2D eigenvalue weighted by molar-refractivity contribution is 9.10. The average Bonchev–Trinajstić information content (AvgIpc) is 2.66. The van der Waals surface area contributed by atoms with Crippen molar-refractivity contribution in [3.63, 3.8) is 0 Å². The molecule has 0 spiro atoms. The predicted octanol–water partition coefficient (Wildman–Crippen LogP) is 3.33. The predicted molar refractivity (Wildman–Crippen MR) is 63.3 cm³/mol. The van der Waals surface area contributed by atoms with Gasteiger partial charge in [-0.05, 0) is 25.1 Å². The average molecular weight is 287 g/mol. The molecule has 1 unspecified atom stereocenters. The number of benzene rings is 1. The zero-order valence-electron chi connectivity index (χ0n) is 8.06. The third kappa shape index (κ3) is 2.38. The van der Waals surface area contributed by atoms with Crippen LogP contribution in [0.15, 0.2) is 34.9 Å². The Labute approximate surface area is 101 Å². The maximum absolute atomic E-state index is 5.91. The van der Waals surface area contributed by atoms with Gasteiger partial charge in [0, 0.05) is 4.47 Å². The van der Waals surface area contributed by atoms with Gasteiger partial charge in [-0.3, -0.25) is 0 Å². The summed E-state index contributed by atoms with van der Waals surface area (Å²) in [6.07, 6.45) is 1.83. The van der Waals surface area contributed by atoms with Crippen LogP contribution in [0.25, 0.3) is 5.69 Å². The zero-order valence-corrected chi connectivity index (χ0v) is 10.4. The SMILES string of the molecule is CC(Cl)c1cn(-c2cccc(Br)c2)nn1. The largest absolute Gasteiger partial charge is 0.220 e. The molecular weight excluding hydrogens is 277 g/mol. The van der Waals surface area contributed by atoms with Gasteiger partial charge in [0.05, 0.1) is 17.3 Å². The molecule has 0 radical (unpaired) electrons. The maximum atomic E-state index is 5.91. The molecule has 0 bridgehead atoms. The molecule has 2 aromatic rings. The first kappa shape index (κ1) is 10.6. The van der Waals surface area contributed by atoms with Crippen molar-refractivity contribution in [2.75, 3.05) is 0 Å². The van der Waals surface area contributed by atoms with E-state index >= 15 is 0 Å². The number of hydrogen-bond acceptors (Lipinski definition) is 2. The van der Waals surface area contributed by atoms with E-state index in [9.17, 15) is 0 Å². The molecule has 3 nitrogen and oxygen atoms in total. The molecule has 5 heteroatoms. The minimum atomic E-state index is -0.120. The van der Waals surface area contributed by atoms with Gasteiger partial charge in [0.15, 0.2) is 0 Å². The fourth-order valence-electron chi connectivity index (χ4n) is 1.20. The molecule has 1 heterocycles. The van der Waals surface area contributed by atoms with Crippen molar-refractivity contribution in [2.45, 2.75) is 12.3 Å². The van der Waals surface area contributed by atoms with E-state index < -0.39 is 0 Å². The monoisotopic (exact) mass is 285 g/mol. The van der Waals surface area contributed by atoms with Crippen molar-refractivity contribution in [2.24, 2.45) is 0 Å². The molecule has 0 N–H and O–H groups in total. The molecule has 0 aliphatic heterocycles. The molecule has 2 rings (SSSR count). The highest BCUT2D eigenvalue weighted by Gasteiger charge is 2.07. The quantitative estimate of drug-likeness (QED) is 0.793. The highest BCUT2D eigenvalue weighted by atomic mass is 79.9. The molecule has 15 heavy (non-hydrogen) atoms. The number of alkyl halides is 1. The van der Waals surface area contributed by atoms with E-state index in [0.29, 0.717) is 0 Å². The zero-order chi connectivity index (χ0) is 10.8. The topological polar surface area (TPSA) is 30.7 Å². The summed E-state index contributed by atoms with van der Waals surface area (Å²) in [5, 5.41) is 7.88. The second kappa shape index (κ2) is 4.33. The second-order valence-corrected chi connectivity index (χ2v) is 4.75. The summed E-state index contributed by atoms with van der Waals surface area (Å²) >= 11 is 9.32. The lowest BCUT2D eigenvalue weighted by Gasteiger charge is -1.99. The van der Waals surface area contributed by atoms with Crippen LogP contribution in [-0.4, -0.2) is 15.0 Å². The van der Waals surface area contributed by atoms with E-state index in [1.54, 1.807) is 4.68 Å². The van der Waals surface area contributed by atoms with Crippen LogP contribution < -0.4 is 0 Å². The Morgan fingerprint density at radius 1 is 1.47 bits per heavy atom. The van der Waals surface area contributed by atoms with Gasteiger partial charge >= 0.3 is 0 Å². The van der Waals surface area contributed by atoms with Crippen LogP contribution in [0.2, 0.25) is 0 Å². The van der Waals surface area contributed by atoms with Crippen molar-refractivity contribution in [3.05, 3.63) is 40.6 Å². The van der Waals surface area contributed by atoms with Crippen molar-refractivity contribution < 1.29 is 0 Å². The number of rotatable bonds is 2. The van der Waals surface area contributed by atoms with Gasteiger partial charge in [0.2, 0.25) is 0 Å². The fourth-order valence-corrected chi connectivity index (χ4v) is 1.69. The molecule has 1 aromatic carbocycles. The molecule has 0 fully saturated rings. The standard InChI is InChI=1S/C10H9BrClN3/c1-7(12)10-6-15(14-13-10)9-4-2-3-8(11)5-9/h2-7H,1H3. The van der Waals surface area contributed by atoms with Gasteiger partial charge in [-0.2, -0.15) is 0 Å². The van der Waals surface area contributed by atoms with Crippen molar-refractivity contribution in [1.29, 1.82) is 0 Å². The number of nitrogens with zero attached hydrogens (tertiary/aromatic N) is 3. The van der Waals surface area contributed by atoms with Crippen LogP contribution in [0, 0.1) is 0 Å². The summed E-state index contributed by atoms with van der Waals surface area (Å²) < 4.78 is 2.72. The summed E-state index contributed by atoms with van der Waals surface area (Å²) in [6, 6.07) is 7.84. The lowest BCUT2D eigenvalue weighted by atomic mass is 10.3. The molecule has 0 saturated heterocycles. The van der Waals surface area contributed by atoms with Gasteiger partial charge in [-0.25, -0.2) is 4.68 Å². The number of halogens is 2. The summed E-state index contributed by atoms with van der Waals surface area (Å²) in [5.41, 5.74) is 1.73. The Hall–Kier alpha value is -0.870. The molecule has 1 aromatic heterocycles. The second-order valence-electron chi connectivity index (χ2n) is 3.18. The summed E-state index contributed by atoms with van der Waals surface area (Å²) in [4.78, 5) is 0. The lowest BCUT2D eigenvalue weighted by molar-refractivity contribution is 0.796. The van der Waals surface area contributed by atoms with Crippen LogP contribution in [-0.2, 0) is 0 Å². The third-order valence-corrected chi connectivity index (χ3v) is 2.71. The molecule has 0 aliphatic carbocycles. The smallest absolute Gasteiger partial charge is 0.101 e. The Morgan fingerprint density at radius 3 is 2.87 bits per heavy atom. The Balaban J connectivity index is 2.37. The molecule has 0 aliphatic rings. The van der Waals surface area contributed by atoms with Crippen LogP contribution >= 0.6 is 27.5 Å². The van der Waals surface area contributed by atoms with Gasteiger partial charge in [-0.1, -0.05) is 27.2 Å². The van der Waals surface area contributed by atoms with Gasteiger partial charge in [0.1, 0.15) is 5.69 Å². The fraction of sp³-hybridized carbons (Fsp3) is 0.200. The minimum Gasteiger partial charge on any atom is -0.220 e. The van der Waals surface area contributed by atoms with Gasteiger partial charge in [-0.15, -0.1) is 16.7 Å². The molecule has 78 valence electrons. The van der Waals surface area contributed by atoms with E-state index in [0.717, 1.165) is 15.9 Å². The van der Waals surface area contributed by atoms with Gasteiger partial charge in [0.25, 0.3) is 0 Å². The van der Waals surface area contributed by atoms with E-state index in [1.807, 2.05) is 37.4 Å². The molecule has 0 saturated carbocycles. The molecule has 0 amide bonds. The lowest BCUT2D eigenvalue weighted by Crippen LogP contribution is -1.94. The Bertz CT molecular complexity index is 467. The first-order valence-corrected chi connectivity index (χ1v) is 5.72. The maximum Gasteiger partial charge on any atom is 0.101 e. The van der Waals surface area contributed by atoms with E-state index in [-0.39, 0.29) is 5.38 Å². The molecular formula is C10H9BrClN3. The third-order valence-electron chi connectivity index (χ3n) is 1.99. The van der Waals surface area contributed by atoms with E-state index in [1.165, 1.54) is 0 Å². The van der Waals surface area contributed by atoms with Crippen LogP contribution in [0.4, 0.5) is 0 Å². The summed E-state index contributed by atoms with van der Waals surface area (Å²) in [5.74, 6) is 0. The van der Waals surface area contributed by atoms with E-state index in [2.05, 4.69) is 26.2 Å².